The molecule has 8 heteroatoms. The van der Waals surface area contributed by atoms with Crippen LogP contribution in [0, 0.1) is 12.7 Å². The third kappa shape index (κ3) is 3.20. The van der Waals surface area contributed by atoms with Crippen LogP contribution < -0.4 is 10.0 Å². The molecule has 0 fully saturated rings. The lowest BCUT2D eigenvalue weighted by atomic mass is 10.2. The number of halogens is 1. The Kier molecular flexibility index (Phi) is 4.22. The second-order valence-corrected chi connectivity index (χ2v) is 7.18. The Morgan fingerprint density at radius 1 is 1.16 bits per heavy atom. The minimum atomic E-state index is -3.93. The summed E-state index contributed by atoms with van der Waals surface area (Å²) in [4.78, 5) is 14.5. The minimum Gasteiger partial charge on any atom is -0.354 e. The Morgan fingerprint density at radius 3 is 2.64 bits per heavy atom. The molecule has 0 aliphatic heterocycles. The van der Waals surface area contributed by atoms with Gasteiger partial charge in [0, 0.05) is 29.2 Å². The first kappa shape index (κ1) is 17.0. The predicted octanol–water partition coefficient (Wildman–Crippen LogP) is 2.78. The molecule has 0 aliphatic carbocycles. The second-order valence-electron chi connectivity index (χ2n) is 5.53. The van der Waals surface area contributed by atoms with Crippen LogP contribution in [0.15, 0.2) is 47.4 Å². The van der Waals surface area contributed by atoms with E-state index in [1.165, 1.54) is 32.2 Å². The summed E-state index contributed by atoms with van der Waals surface area (Å²) in [6.45, 7) is 1.41. The smallest absolute Gasteiger partial charge is 0.267 e. The van der Waals surface area contributed by atoms with Gasteiger partial charge in [0.25, 0.3) is 15.9 Å². The van der Waals surface area contributed by atoms with Crippen molar-refractivity contribution in [3.63, 3.8) is 0 Å². The fourth-order valence-electron chi connectivity index (χ4n) is 2.54. The van der Waals surface area contributed by atoms with Crippen LogP contribution in [-0.2, 0) is 10.0 Å². The number of benzene rings is 2. The van der Waals surface area contributed by atoms with Gasteiger partial charge in [0.2, 0.25) is 0 Å². The van der Waals surface area contributed by atoms with Gasteiger partial charge in [-0.3, -0.25) is 9.52 Å². The maximum absolute atomic E-state index is 13.6. The molecule has 0 bridgehead atoms. The average Bonchev–Trinajstić information content (AvgIpc) is 2.99. The summed E-state index contributed by atoms with van der Waals surface area (Å²) in [5, 5.41) is 3.19. The Hall–Kier alpha value is -2.87. The van der Waals surface area contributed by atoms with Crippen molar-refractivity contribution in [1.29, 1.82) is 0 Å². The number of nitrogens with one attached hydrogen (secondary N) is 3. The molecule has 0 unspecified atom stereocenters. The lowest BCUT2D eigenvalue weighted by molar-refractivity contribution is 0.0959. The van der Waals surface area contributed by atoms with Crippen LogP contribution in [-0.4, -0.2) is 26.4 Å². The lowest BCUT2D eigenvalue weighted by Crippen LogP contribution is -2.17. The van der Waals surface area contributed by atoms with E-state index in [1.54, 1.807) is 24.3 Å². The number of aromatic amines is 1. The van der Waals surface area contributed by atoms with E-state index in [2.05, 4.69) is 15.0 Å². The molecule has 1 aromatic heterocycles. The number of carbonyl (C=O) groups excluding carboxylic acids is 1. The Bertz CT molecular complexity index is 1070. The summed E-state index contributed by atoms with van der Waals surface area (Å²) in [5.74, 6) is -0.854. The van der Waals surface area contributed by atoms with Gasteiger partial charge in [0.05, 0.1) is 4.90 Å². The van der Waals surface area contributed by atoms with Gasteiger partial charge in [-0.25, -0.2) is 12.8 Å². The van der Waals surface area contributed by atoms with Crippen LogP contribution in [0.1, 0.15) is 16.1 Å². The molecule has 0 radical (unpaired) electrons. The first-order chi connectivity index (χ1) is 11.8. The van der Waals surface area contributed by atoms with Gasteiger partial charge in [0.15, 0.2) is 0 Å². The maximum atomic E-state index is 13.6. The number of anilines is 1. The molecule has 0 atom stereocenters. The van der Waals surface area contributed by atoms with Crippen LogP contribution in [0.2, 0.25) is 0 Å². The van der Waals surface area contributed by atoms with E-state index >= 15 is 0 Å². The normalized spacial score (nSPS) is 11.5. The summed E-state index contributed by atoms with van der Waals surface area (Å²) in [5.41, 5.74) is 1.44. The number of hydrogen-bond acceptors (Lipinski definition) is 3. The fraction of sp³-hybridized carbons (Fsp3) is 0.118. The van der Waals surface area contributed by atoms with E-state index in [0.717, 1.165) is 0 Å². The van der Waals surface area contributed by atoms with Gasteiger partial charge in [-0.05, 0) is 43.3 Å². The molecule has 1 amide bonds. The van der Waals surface area contributed by atoms with Crippen LogP contribution in [0.25, 0.3) is 10.9 Å². The van der Waals surface area contributed by atoms with Crippen molar-refractivity contribution in [2.45, 2.75) is 11.8 Å². The van der Waals surface area contributed by atoms with Gasteiger partial charge in [0.1, 0.15) is 11.5 Å². The number of sulfonamides is 1. The van der Waals surface area contributed by atoms with E-state index in [1.807, 2.05) is 0 Å². The van der Waals surface area contributed by atoms with Crippen LogP contribution in [0.5, 0.6) is 0 Å². The molecular formula is C17H16FN3O3S. The molecule has 3 aromatic rings. The topological polar surface area (TPSA) is 91.1 Å². The molecule has 0 spiro atoms. The zero-order valence-electron chi connectivity index (χ0n) is 13.6. The molecule has 6 nitrogen and oxygen atoms in total. The third-order valence-corrected chi connectivity index (χ3v) is 5.38. The van der Waals surface area contributed by atoms with Crippen molar-refractivity contribution in [1.82, 2.24) is 10.3 Å². The van der Waals surface area contributed by atoms with Crippen molar-refractivity contribution in [2.24, 2.45) is 0 Å². The van der Waals surface area contributed by atoms with E-state index in [-0.39, 0.29) is 16.4 Å². The Labute approximate surface area is 144 Å². The molecule has 1 heterocycles. The first-order valence-corrected chi connectivity index (χ1v) is 8.93. The number of carbonyl (C=O) groups is 1. The Balaban J connectivity index is 1.97. The number of hydrogen-bond donors (Lipinski definition) is 3. The van der Waals surface area contributed by atoms with Crippen LogP contribution in [0.3, 0.4) is 0 Å². The number of H-pyrrole nitrogens is 1. The molecule has 3 N–H and O–H groups in total. The zero-order valence-corrected chi connectivity index (χ0v) is 14.4. The van der Waals surface area contributed by atoms with E-state index in [0.29, 0.717) is 22.3 Å². The van der Waals surface area contributed by atoms with E-state index in [4.69, 9.17) is 0 Å². The van der Waals surface area contributed by atoms with Crippen LogP contribution >= 0.6 is 0 Å². The SMILES string of the molecule is CNC(=O)c1cc2cc(NS(=O)(=O)c3cccc(F)c3C)ccc2[nH]1. The van der Waals surface area contributed by atoms with Crippen molar-refractivity contribution in [3.8, 4) is 0 Å². The highest BCUT2D eigenvalue weighted by Gasteiger charge is 2.19. The number of rotatable bonds is 4. The van der Waals surface area contributed by atoms with Crippen LogP contribution in [0.4, 0.5) is 10.1 Å². The van der Waals surface area contributed by atoms with Gasteiger partial charge in [-0.1, -0.05) is 6.07 Å². The quantitative estimate of drug-likeness (QED) is 0.667. The number of fused-ring (bicyclic) bond motifs is 1. The molecule has 130 valence electrons. The summed E-state index contributed by atoms with van der Waals surface area (Å²) >= 11 is 0. The second kappa shape index (κ2) is 6.21. The molecule has 3 rings (SSSR count). The molecule has 0 saturated heterocycles. The molecule has 0 aliphatic rings. The highest BCUT2D eigenvalue weighted by molar-refractivity contribution is 7.92. The summed E-state index contributed by atoms with van der Waals surface area (Å²) in [6.07, 6.45) is 0. The molecular weight excluding hydrogens is 345 g/mol. The summed E-state index contributed by atoms with van der Waals surface area (Å²) < 4.78 is 41.1. The lowest BCUT2D eigenvalue weighted by Gasteiger charge is -2.11. The summed E-state index contributed by atoms with van der Waals surface area (Å²) in [6, 6.07) is 10.4. The molecule has 2 aromatic carbocycles. The summed E-state index contributed by atoms with van der Waals surface area (Å²) in [7, 11) is -2.41. The first-order valence-electron chi connectivity index (χ1n) is 7.44. The largest absolute Gasteiger partial charge is 0.354 e. The number of aromatic nitrogens is 1. The van der Waals surface area contributed by atoms with Crippen molar-refractivity contribution < 1.29 is 17.6 Å². The van der Waals surface area contributed by atoms with Crippen molar-refractivity contribution >= 4 is 32.5 Å². The fourth-order valence-corrected chi connectivity index (χ4v) is 3.85. The minimum absolute atomic E-state index is 0.0552. The number of amides is 1. The molecule has 0 saturated carbocycles. The standard InChI is InChI=1S/C17H16FN3O3S/c1-10-13(18)4-3-5-16(10)25(23,24)21-12-6-7-14-11(8-12)9-15(20-14)17(22)19-2/h3-9,20-21H,1-2H3,(H,19,22). The zero-order chi connectivity index (χ0) is 18.2. The van der Waals surface area contributed by atoms with Gasteiger partial charge >= 0.3 is 0 Å². The third-order valence-electron chi connectivity index (χ3n) is 3.85. The maximum Gasteiger partial charge on any atom is 0.267 e. The Morgan fingerprint density at radius 2 is 1.92 bits per heavy atom. The van der Waals surface area contributed by atoms with Crippen molar-refractivity contribution in [3.05, 3.63) is 59.5 Å². The van der Waals surface area contributed by atoms with Gasteiger partial charge in [-0.15, -0.1) is 0 Å². The predicted molar refractivity (Wildman–Crippen MR) is 93.6 cm³/mol. The highest BCUT2D eigenvalue weighted by Crippen LogP contribution is 2.24. The average molecular weight is 361 g/mol. The monoisotopic (exact) mass is 361 g/mol. The van der Waals surface area contributed by atoms with E-state index in [9.17, 15) is 17.6 Å². The van der Waals surface area contributed by atoms with Gasteiger partial charge < -0.3 is 10.3 Å². The van der Waals surface area contributed by atoms with Crippen molar-refractivity contribution in [2.75, 3.05) is 11.8 Å². The molecule has 25 heavy (non-hydrogen) atoms. The highest BCUT2D eigenvalue weighted by atomic mass is 32.2. The van der Waals surface area contributed by atoms with E-state index < -0.39 is 15.8 Å². The van der Waals surface area contributed by atoms with Gasteiger partial charge in [-0.2, -0.15) is 0 Å².